The maximum Gasteiger partial charge on any atom is 0.141 e. The lowest BCUT2D eigenvalue weighted by molar-refractivity contribution is 0.871. The van der Waals surface area contributed by atoms with Crippen LogP contribution in [0.1, 0.15) is 12.5 Å². The van der Waals surface area contributed by atoms with Gasteiger partial charge in [-0.1, -0.05) is 0 Å². The molecule has 0 aliphatic heterocycles. The van der Waals surface area contributed by atoms with E-state index in [-0.39, 0.29) is 0 Å². The molecule has 1 N–H and O–H groups in total. The van der Waals surface area contributed by atoms with Crippen molar-refractivity contribution in [2.45, 2.75) is 6.92 Å². The van der Waals surface area contributed by atoms with Gasteiger partial charge in [-0.05, 0) is 6.92 Å². The maximum absolute atomic E-state index is 4.21. The van der Waals surface area contributed by atoms with E-state index in [9.17, 15) is 0 Å². The summed E-state index contributed by atoms with van der Waals surface area (Å²) in [4.78, 5) is 0. The van der Waals surface area contributed by atoms with Crippen LogP contribution in [0.25, 0.3) is 0 Å². The Labute approximate surface area is 74.3 Å². The molecule has 0 spiro atoms. The first-order valence-electron chi connectivity index (χ1n) is 3.75. The van der Waals surface area contributed by atoms with Gasteiger partial charge in [0.1, 0.15) is 12.7 Å². The molecule has 0 radical (unpaired) electrons. The maximum atomic E-state index is 4.21. The zero-order chi connectivity index (χ0) is 9.10. The fourth-order valence-electron chi connectivity index (χ4n) is 0.927. The van der Waals surface area contributed by atoms with Crippen LogP contribution in [-0.2, 0) is 0 Å². The second-order valence-corrected chi connectivity index (χ2v) is 2.51. The van der Waals surface area contributed by atoms with Crippen LogP contribution in [0.3, 0.4) is 0 Å². The summed E-state index contributed by atoms with van der Waals surface area (Å²) >= 11 is 0. The molecule has 2 rings (SSSR count). The summed E-state index contributed by atoms with van der Waals surface area (Å²) in [6.45, 7) is 1.89. The summed E-state index contributed by atoms with van der Waals surface area (Å²) in [5.41, 5.74) is 1.81. The highest BCUT2D eigenvalue weighted by atomic mass is 15.4. The van der Waals surface area contributed by atoms with E-state index in [0.29, 0.717) is 0 Å². The minimum atomic E-state index is 0.855. The monoisotopic (exact) mass is 176 g/mol. The largest absolute Gasteiger partial charge is 0.285 e. The molecule has 0 atom stereocenters. The molecule has 6 nitrogen and oxygen atoms in total. The van der Waals surface area contributed by atoms with Crippen molar-refractivity contribution in [3.8, 4) is 0 Å². The molecule has 13 heavy (non-hydrogen) atoms. The average molecular weight is 176 g/mol. The number of nitrogens with zero attached hydrogens (tertiary/aromatic N) is 5. The van der Waals surface area contributed by atoms with Crippen molar-refractivity contribution in [1.29, 1.82) is 0 Å². The van der Waals surface area contributed by atoms with E-state index in [1.165, 1.54) is 12.7 Å². The standard InChI is InChI=1S/C7H8N6/c1-6(7-2-8-9-3-7)12-13-4-10-11-5-13/h2-5H,1H3,(H,8,9)/b12-6-. The van der Waals surface area contributed by atoms with Crippen LogP contribution in [0.4, 0.5) is 0 Å². The smallest absolute Gasteiger partial charge is 0.141 e. The van der Waals surface area contributed by atoms with Gasteiger partial charge in [-0.15, -0.1) is 10.2 Å². The van der Waals surface area contributed by atoms with Crippen LogP contribution in [0, 0.1) is 0 Å². The Balaban J connectivity index is 2.27. The Morgan fingerprint density at radius 1 is 1.46 bits per heavy atom. The van der Waals surface area contributed by atoms with Gasteiger partial charge in [-0.2, -0.15) is 10.2 Å². The summed E-state index contributed by atoms with van der Waals surface area (Å²) in [7, 11) is 0. The van der Waals surface area contributed by atoms with Crippen LogP contribution in [0.15, 0.2) is 30.1 Å². The van der Waals surface area contributed by atoms with Gasteiger partial charge >= 0.3 is 0 Å². The van der Waals surface area contributed by atoms with Crippen LogP contribution in [0.5, 0.6) is 0 Å². The first kappa shape index (κ1) is 7.66. The van der Waals surface area contributed by atoms with E-state index in [1.807, 2.05) is 6.92 Å². The normalized spacial score (nSPS) is 11.9. The molecule has 0 unspecified atom stereocenters. The highest BCUT2D eigenvalue weighted by Gasteiger charge is 1.97. The Morgan fingerprint density at radius 2 is 2.23 bits per heavy atom. The third kappa shape index (κ3) is 1.61. The van der Waals surface area contributed by atoms with Crippen molar-refractivity contribution in [2.24, 2.45) is 5.10 Å². The first-order chi connectivity index (χ1) is 6.36. The van der Waals surface area contributed by atoms with Crippen molar-refractivity contribution >= 4 is 5.71 Å². The van der Waals surface area contributed by atoms with Crippen molar-refractivity contribution in [3.05, 3.63) is 30.6 Å². The number of hydrogen-bond donors (Lipinski definition) is 1. The molecule has 0 saturated heterocycles. The van der Waals surface area contributed by atoms with E-state index in [0.717, 1.165) is 11.3 Å². The van der Waals surface area contributed by atoms with E-state index >= 15 is 0 Å². The van der Waals surface area contributed by atoms with E-state index < -0.39 is 0 Å². The van der Waals surface area contributed by atoms with Gasteiger partial charge in [-0.25, -0.2) is 4.68 Å². The molecule has 6 heteroatoms. The van der Waals surface area contributed by atoms with E-state index in [2.05, 4.69) is 25.5 Å². The fraction of sp³-hybridized carbons (Fsp3) is 0.143. The SMILES string of the molecule is C/C(=N/n1cnnc1)c1cn[nH]c1. The van der Waals surface area contributed by atoms with Crippen molar-refractivity contribution in [2.75, 3.05) is 0 Å². The van der Waals surface area contributed by atoms with Gasteiger partial charge < -0.3 is 0 Å². The molecule has 0 amide bonds. The third-order valence-electron chi connectivity index (χ3n) is 1.59. The van der Waals surface area contributed by atoms with Crippen molar-refractivity contribution in [3.63, 3.8) is 0 Å². The number of aromatic amines is 1. The Kier molecular flexibility index (Phi) is 1.87. The molecule has 0 aliphatic carbocycles. The highest BCUT2D eigenvalue weighted by molar-refractivity contribution is 5.98. The predicted octanol–water partition coefficient (Wildman–Crippen LogP) is 0.274. The molecule has 0 fully saturated rings. The number of aromatic nitrogens is 5. The summed E-state index contributed by atoms with van der Waals surface area (Å²) < 4.78 is 1.54. The quantitative estimate of drug-likeness (QED) is 0.668. The zero-order valence-corrected chi connectivity index (χ0v) is 7.05. The Hall–Kier alpha value is -1.98. The van der Waals surface area contributed by atoms with Crippen molar-refractivity contribution < 1.29 is 0 Å². The molecule has 0 aromatic carbocycles. The number of rotatable bonds is 2. The first-order valence-corrected chi connectivity index (χ1v) is 3.75. The molecular formula is C7H8N6. The third-order valence-corrected chi connectivity index (χ3v) is 1.59. The van der Waals surface area contributed by atoms with Crippen LogP contribution in [0.2, 0.25) is 0 Å². The molecular weight excluding hydrogens is 168 g/mol. The number of hydrogen-bond acceptors (Lipinski definition) is 4. The molecule has 2 aromatic rings. The second-order valence-electron chi connectivity index (χ2n) is 2.51. The van der Waals surface area contributed by atoms with Gasteiger partial charge in [0.25, 0.3) is 0 Å². The van der Waals surface area contributed by atoms with Gasteiger partial charge in [0.2, 0.25) is 0 Å². The molecule has 2 aromatic heterocycles. The van der Waals surface area contributed by atoms with Crippen LogP contribution >= 0.6 is 0 Å². The topological polar surface area (TPSA) is 71.8 Å². The van der Waals surface area contributed by atoms with E-state index in [4.69, 9.17) is 0 Å². The Morgan fingerprint density at radius 3 is 2.85 bits per heavy atom. The molecule has 66 valence electrons. The molecule has 2 heterocycles. The molecule has 0 saturated carbocycles. The lowest BCUT2D eigenvalue weighted by atomic mass is 10.2. The lowest BCUT2D eigenvalue weighted by Crippen LogP contribution is -1.96. The van der Waals surface area contributed by atoms with Crippen LogP contribution < -0.4 is 0 Å². The van der Waals surface area contributed by atoms with Crippen LogP contribution in [-0.4, -0.2) is 30.8 Å². The number of nitrogens with one attached hydrogen (secondary N) is 1. The van der Waals surface area contributed by atoms with Gasteiger partial charge in [0.15, 0.2) is 0 Å². The fourth-order valence-corrected chi connectivity index (χ4v) is 0.927. The Bertz CT molecular complexity index is 385. The zero-order valence-electron chi connectivity index (χ0n) is 7.05. The second kappa shape index (κ2) is 3.18. The highest BCUT2D eigenvalue weighted by Crippen LogP contribution is 1.97. The number of H-pyrrole nitrogens is 1. The average Bonchev–Trinajstić information content (AvgIpc) is 2.74. The van der Waals surface area contributed by atoms with Crippen molar-refractivity contribution in [1.82, 2.24) is 25.1 Å². The summed E-state index contributed by atoms with van der Waals surface area (Å²) in [6.07, 6.45) is 6.56. The van der Waals surface area contributed by atoms with E-state index in [1.54, 1.807) is 17.1 Å². The predicted molar refractivity (Wildman–Crippen MR) is 46.2 cm³/mol. The van der Waals surface area contributed by atoms with Gasteiger partial charge in [-0.3, -0.25) is 5.10 Å². The summed E-state index contributed by atoms with van der Waals surface area (Å²) in [5, 5.41) is 18.0. The molecule has 0 aliphatic rings. The minimum absolute atomic E-state index is 0.855. The minimum Gasteiger partial charge on any atom is -0.285 e. The lowest BCUT2D eigenvalue weighted by Gasteiger charge is -1.94. The molecule has 0 bridgehead atoms. The summed E-state index contributed by atoms with van der Waals surface area (Å²) in [6, 6.07) is 0. The van der Waals surface area contributed by atoms with Gasteiger partial charge in [0.05, 0.1) is 11.9 Å². The summed E-state index contributed by atoms with van der Waals surface area (Å²) in [5.74, 6) is 0. The van der Waals surface area contributed by atoms with Gasteiger partial charge in [0, 0.05) is 11.8 Å².